The van der Waals surface area contributed by atoms with Gasteiger partial charge in [-0.05, 0) is 70.6 Å². The van der Waals surface area contributed by atoms with E-state index in [2.05, 4.69) is 54.8 Å². The zero-order valence-corrected chi connectivity index (χ0v) is 34.4. The molecule has 9 heteroatoms. The fraction of sp³-hybridized carbons (Fsp3) is 0.814. The molecule has 0 spiro atoms. The second kappa shape index (κ2) is 39.0. The van der Waals surface area contributed by atoms with Crippen LogP contribution in [0.25, 0.3) is 0 Å². The molecule has 0 heterocycles. The van der Waals surface area contributed by atoms with E-state index in [1.165, 1.54) is 116 Å². The zero-order chi connectivity index (χ0) is 38.2. The molecule has 1 atom stereocenters. The van der Waals surface area contributed by atoms with Gasteiger partial charge in [0.25, 0.3) is 0 Å². The van der Waals surface area contributed by atoms with E-state index in [0.29, 0.717) is 6.42 Å². The number of esters is 2. The fourth-order valence-electron chi connectivity index (χ4n) is 5.93. The van der Waals surface area contributed by atoms with Gasteiger partial charge in [-0.15, -0.1) is 0 Å². The number of ether oxygens (including phenoxy) is 2. The number of rotatable bonds is 39. The molecule has 1 unspecified atom stereocenters. The Bertz CT molecular complexity index is 941. The maximum Gasteiger partial charge on any atom is 0.469 e. The van der Waals surface area contributed by atoms with Crippen LogP contribution in [0.1, 0.15) is 206 Å². The summed E-state index contributed by atoms with van der Waals surface area (Å²) in [4.78, 5) is 42.8. The standard InChI is InChI=1S/C43H79O8P/c1-3-5-7-9-11-13-15-17-19-20-21-22-24-25-27-29-31-33-35-37-42(44)49-39-41(40-50-52(46,47)48)51-43(45)38-36-34-32-30-28-26-23-18-16-14-12-10-8-6-4-2/h12,14,17-19,23,41H,3-11,13,15-16,20-22,24-40H2,1-2H3,(H2,46,47,48)/b14-12-,19-17-,23-18-. The van der Waals surface area contributed by atoms with Gasteiger partial charge in [-0.1, -0.05) is 159 Å². The number of phosphoric ester groups is 1. The normalized spacial score (nSPS) is 12.8. The van der Waals surface area contributed by atoms with Crippen LogP contribution in [-0.2, 0) is 28.2 Å². The molecule has 8 nitrogen and oxygen atoms in total. The topological polar surface area (TPSA) is 119 Å². The molecule has 0 saturated heterocycles. The zero-order valence-electron chi connectivity index (χ0n) is 33.5. The minimum Gasteiger partial charge on any atom is -0.462 e. The third-order valence-corrected chi connectivity index (χ3v) is 9.62. The van der Waals surface area contributed by atoms with E-state index < -0.39 is 32.5 Å². The van der Waals surface area contributed by atoms with Gasteiger partial charge in [-0.25, -0.2) is 4.57 Å². The summed E-state index contributed by atoms with van der Waals surface area (Å²) in [6.45, 7) is 3.65. The smallest absolute Gasteiger partial charge is 0.462 e. The average Bonchev–Trinajstić information content (AvgIpc) is 3.11. The molecule has 0 aromatic rings. The fourth-order valence-corrected chi connectivity index (χ4v) is 6.29. The van der Waals surface area contributed by atoms with Crippen molar-refractivity contribution in [3.05, 3.63) is 36.5 Å². The molecule has 0 radical (unpaired) electrons. The van der Waals surface area contributed by atoms with Crippen LogP contribution in [0.4, 0.5) is 0 Å². The predicted octanol–water partition coefficient (Wildman–Crippen LogP) is 13.0. The van der Waals surface area contributed by atoms with Gasteiger partial charge < -0.3 is 19.3 Å². The summed E-state index contributed by atoms with van der Waals surface area (Å²) in [6, 6.07) is 0. The van der Waals surface area contributed by atoms with Crippen molar-refractivity contribution in [1.82, 2.24) is 0 Å². The van der Waals surface area contributed by atoms with Crippen molar-refractivity contribution in [2.24, 2.45) is 0 Å². The van der Waals surface area contributed by atoms with Crippen molar-refractivity contribution < 1.29 is 37.9 Å². The molecule has 0 bridgehead atoms. The highest BCUT2D eigenvalue weighted by molar-refractivity contribution is 7.46. The van der Waals surface area contributed by atoms with Crippen molar-refractivity contribution in [2.75, 3.05) is 13.2 Å². The van der Waals surface area contributed by atoms with Crippen LogP contribution in [0.5, 0.6) is 0 Å². The maximum atomic E-state index is 12.4. The first kappa shape index (κ1) is 50.3. The Morgan fingerprint density at radius 3 is 1.33 bits per heavy atom. The molecular formula is C43H79O8P. The van der Waals surface area contributed by atoms with Gasteiger partial charge in [0.1, 0.15) is 6.61 Å². The lowest BCUT2D eigenvalue weighted by Crippen LogP contribution is -2.29. The van der Waals surface area contributed by atoms with E-state index in [-0.39, 0.29) is 19.4 Å². The minimum absolute atomic E-state index is 0.196. The number of unbranched alkanes of at least 4 members (excludes halogenated alkanes) is 23. The van der Waals surface area contributed by atoms with E-state index >= 15 is 0 Å². The molecule has 0 aliphatic carbocycles. The molecule has 0 amide bonds. The summed E-state index contributed by atoms with van der Waals surface area (Å²) in [6.07, 6.45) is 45.8. The maximum absolute atomic E-state index is 12.4. The van der Waals surface area contributed by atoms with Gasteiger partial charge in [0.15, 0.2) is 6.10 Å². The lowest BCUT2D eigenvalue weighted by Gasteiger charge is -2.18. The lowest BCUT2D eigenvalue weighted by molar-refractivity contribution is -0.161. The van der Waals surface area contributed by atoms with Crippen molar-refractivity contribution in [3.8, 4) is 0 Å². The van der Waals surface area contributed by atoms with Crippen LogP contribution in [0.15, 0.2) is 36.5 Å². The van der Waals surface area contributed by atoms with Crippen LogP contribution >= 0.6 is 7.82 Å². The number of hydrogen-bond acceptors (Lipinski definition) is 6. The summed E-state index contributed by atoms with van der Waals surface area (Å²) in [7, 11) is -4.76. The highest BCUT2D eigenvalue weighted by Gasteiger charge is 2.22. The van der Waals surface area contributed by atoms with Crippen molar-refractivity contribution in [2.45, 2.75) is 213 Å². The van der Waals surface area contributed by atoms with Gasteiger partial charge in [0.2, 0.25) is 0 Å². The van der Waals surface area contributed by atoms with Crippen LogP contribution in [-0.4, -0.2) is 41.0 Å². The predicted molar refractivity (Wildman–Crippen MR) is 216 cm³/mol. The average molecular weight is 755 g/mol. The summed E-state index contributed by atoms with van der Waals surface area (Å²) in [5.74, 6) is -0.899. The second-order valence-electron chi connectivity index (χ2n) is 14.3. The van der Waals surface area contributed by atoms with Gasteiger partial charge in [0.05, 0.1) is 6.61 Å². The molecule has 0 rings (SSSR count). The Morgan fingerprint density at radius 1 is 0.500 bits per heavy atom. The molecule has 2 N–H and O–H groups in total. The van der Waals surface area contributed by atoms with Crippen LogP contribution in [0.2, 0.25) is 0 Å². The number of carbonyl (C=O) groups is 2. The van der Waals surface area contributed by atoms with Gasteiger partial charge >= 0.3 is 19.8 Å². The van der Waals surface area contributed by atoms with Crippen LogP contribution in [0, 0.1) is 0 Å². The molecule has 0 aromatic heterocycles. The van der Waals surface area contributed by atoms with E-state index in [0.717, 1.165) is 57.8 Å². The van der Waals surface area contributed by atoms with Gasteiger partial charge in [0, 0.05) is 12.8 Å². The van der Waals surface area contributed by atoms with E-state index in [9.17, 15) is 14.2 Å². The minimum atomic E-state index is -4.76. The first-order valence-electron chi connectivity index (χ1n) is 21.3. The van der Waals surface area contributed by atoms with Gasteiger partial charge in [-0.3, -0.25) is 14.1 Å². The lowest BCUT2D eigenvalue weighted by atomic mass is 10.1. The molecule has 0 aromatic carbocycles. The Labute approximate surface area is 319 Å². The second-order valence-corrected chi connectivity index (χ2v) is 15.5. The quantitative estimate of drug-likeness (QED) is 0.0275. The van der Waals surface area contributed by atoms with Crippen LogP contribution < -0.4 is 0 Å². The summed E-state index contributed by atoms with van der Waals surface area (Å²) >= 11 is 0. The Morgan fingerprint density at radius 2 is 0.865 bits per heavy atom. The molecule has 0 fully saturated rings. The third kappa shape index (κ3) is 41.0. The summed E-state index contributed by atoms with van der Waals surface area (Å²) in [5.41, 5.74) is 0. The monoisotopic (exact) mass is 755 g/mol. The molecule has 0 saturated carbocycles. The first-order chi connectivity index (χ1) is 25.3. The van der Waals surface area contributed by atoms with Crippen LogP contribution in [0.3, 0.4) is 0 Å². The largest absolute Gasteiger partial charge is 0.469 e. The number of allylic oxidation sites excluding steroid dienone is 6. The molecular weight excluding hydrogens is 675 g/mol. The highest BCUT2D eigenvalue weighted by Crippen LogP contribution is 2.36. The van der Waals surface area contributed by atoms with Crippen molar-refractivity contribution in [3.63, 3.8) is 0 Å². The molecule has 0 aliphatic heterocycles. The van der Waals surface area contributed by atoms with E-state index in [1.54, 1.807) is 0 Å². The third-order valence-electron chi connectivity index (χ3n) is 9.13. The highest BCUT2D eigenvalue weighted by atomic mass is 31.2. The summed E-state index contributed by atoms with van der Waals surface area (Å²) in [5, 5.41) is 0. The Kier molecular flexibility index (Phi) is 37.7. The number of phosphoric acid groups is 1. The SMILES string of the molecule is CCCCC/C=C\C/C=C\CCCCCCCC(=O)OC(COC(=O)CCCCCCCCCCC/C=C\CCCCCCCC)COP(=O)(O)O. The Balaban J connectivity index is 3.91. The summed E-state index contributed by atoms with van der Waals surface area (Å²) < 4.78 is 26.4. The molecule has 52 heavy (non-hydrogen) atoms. The van der Waals surface area contributed by atoms with E-state index in [1.807, 2.05) is 0 Å². The molecule has 0 aliphatic rings. The first-order valence-corrected chi connectivity index (χ1v) is 22.8. The number of hydrogen-bond donors (Lipinski definition) is 2. The molecule has 304 valence electrons. The van der Waals surface area contributed by atoms with E-state index in [4.69, 9.17) is 19.3 Å². The van der Waals surface area contributed by atoms with Crippen molar-refractivity contribution >= 4 is 19.8 Å². The Hall–Kier alpha value is -1.73. The van der Waals surface area contributed by atoms with Crippen molar-refractivity contribution in [1.29, 1.82) is 0 Å². The van der Waals surface area contributed by atoms with Gasteiger partial charge in [-0.2, -0.15) is 0 Å². The number of carbonyl (C=O) groups excluding carboxylic acids is 2.